The fourth-order valence-electron chi connectivity index (χ4n) is 3.10. The zero-order valence-electron chi connectivity index (χ0n) is 17.2. The molecular weight excluding hydrogens is 342 g/mol. The smallest absolute Gasteiger partial charge is 0.193 e. The first-order valence-electron chi connectivity index (χ1n) is 9.07. The highest BCUT2D eigenvalue weighted by Gasteiger charge is 2.14. The Morgan fingerprint density at radius 3 is 2.67 bits per heavy atom. The van der Waals surface area contributed by atoms with Crippen LogP contribution in [0.1, 0.15) is 22.5 Å². The summed E-state index contributed by atoms with van der Waals surface area (Å²) in [6.45, 7) is 6.91. The first-order chi connectivity index (χ1) is 13.0. The maximum absolute atomic E-state index is 5.45. The van der Waals surface area contributed by atoms with Gasteiger partial charge in [0.1, 0.15) is 5.75 Å². The number of para-hydroxylation sites is 1. The minimum atomic E-state index is 0.651. The van der Waals surface area contributed by atoms with Crippen LogP contribution in [0, 0.1) is 13.8 Å². The highest BCUT2D eigenvalue weighted by atomic mass is 16.5. The van der Waals surface area contributed by atoms with Gasteiger partial charge in [-0.2, -0.15) is 5.10 Å². The lowest BCUT2D eigenvalue weighted by atomic mass is 10.2. The lowest BCUT2D eigenvalue weighted by Gasteiger charge is -2.23. The van der Waals surface area contributed by atoms with Gasteiger partial charge in [-0.05, 0) is 19.9 Å². The number of guanidine groups is 1. The summed E-state index contributed by atoms with van der Waals surface area (Å²) in [4.78, 5) is 6.50. The molecule has 0 amide bonds. The summed E-state index contributed by atoms with van der Waals surface area (Å²) in [6, 6.07) is 8.03. The van der Waals surface area contributed by atoms with E-state index < -0.39 is 0 Å². The molecule has 27 heavy (non-hydrogen) atoms. The summed E-state index contributed by atoms with van der Waals surface area (Å²) in [6.07, 6.45) is 0. The molecule has 0 atom stereocenters. The Hall–Kier alpha value is -2.54. The molecule has 1 N–H and O–H groups in total. The Kier molecular flexibility index (Phi) is 7.67. The van der Waals surface area contributed by atoms with E-state index in [-0.39, 0.29) is 0 Å². The summed E-state index contributed by atoms with van der Waals surface area (Å²) in [7, 11) is 7.21. The molecule has 0 aliphatic carbocycles. The van der Waals surface area contributed by atoms with Crippen molar-refractivity contribution in [1.29, 1.82) is 0 Å². The SMILES string of the molecule is CN=C(NCc1c(C)nn(CCOC)c1C)N(C)Cc1ccccc1OC. The van der Waals surface area contributed by atoms with Crippen molar-refractivity contribution < 1.29 is 9.47 Å². The molecule has 2 aromatic rings. The number of benzene rings is 1. The van der Waals surface area contributed by atoms with E-state index >= 15 is 0 Å². The van der Waals surface area contributed by atoms with Gasteiger partial charge in [0.2, 0.25) is 0 Å². The molecule has 1 aromatic carbocycles. The van der Waals surface area contributed by atoms with Crippen molar-refractivity contribution in [1.82, 2.24) is 20.0 Å². The first-order valence-corrected chi connectivity index (χ1v) is 9.07. The number of nitrogens with one attached hydrogen (secondary N) is 1. The molecule has 0 unspecified atom stereocenters. The van der Waals surface area contributed by atoms with E-state index in [0.717, 1.165) is 35.2 Å². The molecule has 2 rings (SSSR count). The third-order valence-corrected chi connectivity index (χ3v) is 4.64. The molecule has 7 heteroatoms. The Balaban J connectivity index is 2.04. The van der Waals surface area contributed by atoms with E-state index in [1.165, 1.54) is 5.56 Å². The molecule has 0 radical (unpaired) electrons. The van der Waals surface area contributed by atoms with E-state index in [0.29, 0.717) is 19.7 Å². The van der Waals surface area contributed by atoms with Gasteiger partial charge in [0.25, 0.3) is 0 Å². The molecule has 148 valence electrons. The number of aliphatic imine (C=N–C) groups is 1. The minimum Gasteiger partial charge on any atom is -0.496 e. The highest BCUT2D eigenvalue weighted by molar-refractivity contribution is 5.79. The van der Waals surface area contributed by atoms with Crippen molar-refractivity contribution in [2.75, 3.05) is 34.9 Å². The second-order valence-electron chi connectivity index (χ2n) is 6.43. The van der Waals surface area contributed by atoms with E-state index in [4.69, 9.17) is 9.47 Å². The molecule has 0 aliphatic rings. The quantitative estimate of drug-likeness (QED) is 0.568. The Labute approximate surface area is 162 Å². The number of nitrogens with zero attached hydrogens (tertiary/aromatic N) is 4. The number of hydrogen-bond acceptors (Lipinski definition) is 4. The van der Waals surface area contributed by atoms with E-state index in [1.54, 1.807) is 21.3 Å². The van der Waals surface area contributed by atoms with Gasteiger partial charge in [-0.3, -0.25) is 9.67 Å². The summed E-state index contributed by atoms with van der Waals surface area (Å²) in [5.74, 6) is 1.70. The van der Waals surface area contributed by atoms with E-state index in [1.807, 2.05) is 36.9 Å². The van der Waals surface area contributed by atoms with E-state index in [9.17, 15) is 0 Å². The third-order valence-electron chi connectivity index (χ3n) is 4.64. The molecule has 0 aliphatic heterocycles. The number of rotatable bonds is 8. The van der Waals surface area contributed by atoms with Crippen LogP contribution in [0.25, 0.3) is 0 Å². The van der Waals surface area contributed by atoms with Crippen molar-refractivity contribution in [3.8, 4) is 5.75 Å². The second kappa shape index (κ2) is 9.97. The third kappa shape index (κ3) is 5.23. The number of aromatic nitrogens is 2. The highest BCUT2D eigenvalue weighted by Crippen LogP contribution is 2.19. The molecule has 0 saturated carbocycles. The molecule has 0 fully saturated rings. The van der Waals surface area contributed by atoms with Gasteiger partial charge >= 0.3 is 0 Å². The number of methoxy groups -OCH3 is 2. The molecule has 1 aromatic heterocycles. The Morgan fingerprint density at radius 1 is 1.26 bits per heavy atom. The van der Waals surface area contributed by atoms with Crippen LogP contribution in [0.2, 0.25) is 0 Å². The average Bonchev–Trinajstić information content (AvgIpc) is 2.94. The Bertz CT molecular complexity index is 770. The Morgan fingerprint density at radius 2 is 2.00 bits per heavy atom. The summed E-state index contributed by atoms with van der Waals surface area (Å²) in [5, 5.41) is 8.06. The van der Waals surface area contributed by atoms with Gasteiger partial charge in [0.15, 0.2) is 5.96 Å². The van der Waals surface area contributed by atoms with Crippen LogP contribution in [0.4, 0.5) is 0 Å². The number of hydrogen-bond donors (Lipinski definition) is 1. The summed E-state index contributed by atoms with van der Waals surface area (Å²) in [5.41, 5.74) is 4.49. The van der Waals surface area contributed by atoms with Crippen LogP contribution >= 0.6 is 0 Å². The fraction of sp³-hybridized carbons (Fsp3) is 0.500. The fourth-order valence-corrected chi connectivity index (χ4v) is 3.10. The van der Waals surface area contributed by atoms with Crippen molar-refractivity contribution in [3.05, 3.63) is 46.8 Å². The molecular formula is C20H31N5O2. The van der Waals surface area contributed by atoms with Gasteiger partial charge in [0.05, 0.1) is 26.0 Å². The molecule has 1 heterocycles. The molecule has 7 nitrogen and oxygen atoms in total. The van der Waals surface area contributed by atoms with Gasteiger partial charge in [0, 0.05) is 51.1 Å². The molecule has 0 saturated heterocycles. The van der Waals surface area contributed by atoms with Gasteiger partial charge < -0.3 is 19.7 Å². The van der Waals surface area contributed by atoms with Crippen LogP contribution in [0.5, 0.6) is 5.75 Å². The van der Waals surface area contributed by atoms with Crippen LogP contribution < -0.4 is 10.1 Å². The van der Waals surface area contributed by atoms with Crippen LogP contribution in [0.15, 0.2) is 29.3 Å². The van der Waals surface area contributed by atoms with Crippen LogP contribution in [-0.2, 0) is 24.4 Å². The second-order valence-corrected chi connectivity index (χ2v) is 6.43. The summed E-state index contributed by atoms with van der Waals surface area (Å²) >= 11 is 0. The zero-order valence-corrected chi connectivity index (χ0v) is 17.2. The predicted octanol–water partition coefficient (Wildman–Crippen LogP) is 2.36. The van der Waals surface area contributed by atoms with Crippen LogP contribution in [-0.4, -0.2) is 55.6 Å². The maximum atomic E-state index is 5.45. The minimum absolute atomic E-state index is 0.651. The van der Waals surface area contributed by atoms with E-state index in [2.05, 4.69) is 33.3 Å². The number of ether oxygens (including phenoxy) is 2. The standard InChI is InChI=1S/C20H31N5O2/c1-15-18(16(2)25(23-15)11-12-26-5)13-22-20(21-3)24(4)14-17-9-7-8-10-19(17)27-6/h7-10H,11-14H2,1-6H3,(H,21,22). The monoisotopic (exact) mass is 373 g/mol. The summed E-state index contributed by atoms with van der Waals surface area (Å²) < 4.78 is 12.6. The predicted molar refractivity (Wildman–Crippen MR) is 108 cm³/mol. The van der Waals surface area contributed by atoms with Crippen molar-refractivity contribution in [2.24, 2.45) is 4.99 Å². The van der Waals surface area contributed by atoms with Gasteiger partial charge in [-0.15, -0.1) is 0 Å². The molecule has 0 spiro atoms. The largest absolute Gasteiger partial charge is 0.496 e. The number of aryl methyl sites for hydroxylation is 1. The molecule has 0 bridgehead atoms. The maximum Gasteiger partial charge on any atom is 0.193 e. The van der Waals surface area contributed by atoms with Gasteiger partial charge in [-0.25, -0.2) is 0 Å². The van der Waals surface area contributed by atoms with Crippen molar-refractivity contribution >= 4 is 5.96 Å². The lowest BCUT2D eigenvalue weighted by molar-refractivity contribution is 0.182. The van der Waals surface area contributed by atoms with Crippen molar-refractivity contribution in [2.45, 2.75) is 33.5 Å². The average molecular weight is 374 g/mol. The zero-order chi connectivity index (χ0) is 19.8. The van der Waals surface area contributed by atoms with Crippen LogP contribution in [0.3, 0.4) is 0 Å². The normalized spacial score (nSPS) is 11.6. The van der Waals surface area contributed by atoms with Crippen molar-refractivity contribution in [3.63, 3.8) is 0 Å². The van der Waals surface area contributed by atoms with Gasteiger partial charge in [-0.1, -0.05) is 18.2 Å². The lowest BCUT2D eigenvalue weighted by Crippen LogP contribution is -2.38. The first kappa shape index (κ1) is 20.8. The topological polar surface area (TPSA) is 63.9 Å².